The number of benzene rings is 2. The maximum absolute atomic E-state index is 6.70. The lowest BCUT2D eigenvalue weighted by atomic mass is 10.00. The van der Waals surface area contributed by atoms with Gasteiger partial charge in [-0.15, -0.1) is 0 Å². The van der Waals surface area contributed by atoms with Crippen LogP contribution in [0.3, 0.4) is 0 Å². The van der Waals surface area contributed by atoms with Crippen LogP contribution in [0.4, 0.5) is 0 Å². The summed E-state index contributed by atoms with van der Waals surface area (Å²) in [5.41, 5.74) is 4.63. The molecule has 2 aromatic carbocycles. The first-order valence-electron chi connectivity index (χ1n) is 12.1. The van der Waals surface area contributed by atoms with E-state index in [-0.39, 0.29) is 6.10 Å². The summed E-state index contributed by atoms with van der Waals surface area (Å²) in [4.78, 5) is 14.0. The summed E-state index contributed by atoms with van der Waals surface area (Å²) in [5.74, 6) is 2.77. The van der Waals surface area contributed by atoms with Gasteiger partial charge in [0.2, 0.25) is 0 Å². The Labute approximate surface area is 205 Å². The molecule has 0 spiro atoms. The van der Waals surface area contributed by atoms with Crippen molar-refractivity contribution in [1.29, 1.82) is 0 Å². The van der Waals surface area contributed by atoms with E-state index in [0.29, 0.717) is 11.7 Å². The average molecular weight is 474 g/mol. The SMILES string of the molecule is C/C=C\OC(C)c1ccccc1Oc1c(C2=CN(C)OC=C2)ccc2[nH]c(C3CCOCC3)nc12. The fraction of sp³-hybridized carbons (Fsp3) is 0.321. The normalized spacial score (nSPS) is 17.5. The third-order valence-electron chi connectivity index (χ3n) is 6.33. The van der Waals surface area contributed by atoms with Gasteiger partial charge in [0, 0.05) is 49.1 Å². The summed E-state index contributed by atoms with van der Waals surface area (Å²) in [6.45, 7) is 5.47. The van der Waals surface area contributed by atoms with Crippen molar-refractivity contribution >= 4 is 16.6 Å². The first kappa shape index (κ1) is 23.1. The second-order valence-electron chi connectivity index (χ2n) is 8.77. The molecule has 0 saturated carbocycles. The molecule has 7 heteroatoms. The Morgan fingerprint density at radius 3 is 2.80 bits per heavy atom. The smallest absolute Gasteiger partial charge is 0.163 e. The number of fused-ring (bicyclic) bond motifs is 1. The zero-order chi connectivity index (χ0) is 24.2. The number of hydroxylamine groups is 2. The first-order chi connectivity index (χ1) is 17.1. The molecule has 1 aromatic heterocycles. The van der Waals surface area contributed by atoms with Crippen molar-refractivity contribution in [2.24, 2.45) is 0 Å². The van der Waals surface area contributed by atoms with Gasteiger partial charge in [-0.2, -0.15) is 0 Å². The Morgan fingerprint density at radius 2 is 2.00 bits per heavy atom. The highest BCUT2D eigenvalue weighted by atomic mass is 16.7. The van der Waals surface area contributed by atoms with Crippen LogP contribution in [0.15, 0.2) is 67.3 Å². The molecule has 1 N–H and O–H groups in total. The number of hydrogen-bond acceptors (Lipinski definition) is 6. The van der Waals surface area contributed by atoms with Crippen molar-refractivity contribution in [3.05, 3.63) is 84.2 Å². The molecule has 1 unspecified atom stereocenters. The van der Waals surface area contributed by atoms with Gasteiger partial charge in [-0.1, -0.05) is 24.3 Å². The number of nitrogens with zero attached hydrogens (tertiary/aromatic N) is 2. The quantitative estimate of drug-likeness (QED) is 0.390. The predicted molar refractivity (Wildman–Crippen MR) is 136 cm³/mol. The van der Waals surface area contributed by atoms with Gasteiger partial charge in [0.15, 0.2) is 5.75 Å². The van der Waals surface area contributed by atoms with Crippen molar-refractivity contribution < 1.29 is 19.0 Å². The van der Waals surface area contributed by atoms with E-state index in [9.17, 15) is 0 Å². The summed E-state index contributed by atoms with van der Waals surface area (Å²) < 4.78 is 18.1. The molecule has 2 aliphatic rings. The van der Waals surface area contributed by atoms with Crippen molar-refractivity contribution in [3.63, 3.8) is 0 Å². The van der Waals surface area contributed by atoms with Crippen molar-refractivity contribution in [2.75, 3.05) is 20.3 Å². The second-order valence-corrected chi connectivity index (χ2v) is 8.77. The first-order valence-corrected chi connectivity index (χ1v) is 12.1. The number of nitrogens with one attached hydrogen (secondary N) is 1. The summed E-state index contributed by atoms with van der Waals surface area (Å²) in [6.07, 6.45) is 10.9. The molecule has 1 fully saturated rings. The number of aromatic amines is 1. The van der Waals surface area contributed by atoms with E-state index in [1.165, 1.54) is 0 Å². The fourth-order valence-electron chi connectivity index (χ4n) is 4.48. The third-order valence-corrected chi connectivity index (χ3v) is 6.33. The van der Waals surface area contributed by atoms with E-state index < -0.39 is 0 Å². The molecule has 0 amide bonds. The summed E-state index contributed by atoms with van der Waals surface area (Å²) in [7, 11) is 1.86. The average Bonchev–Trinajstić information content (AvgIpc) is 3.33. The van der Waals surface area contributed by atoms with Crippen LogP contribution in [0, 0.1) is 0 Å². The maximum atomic E-state index is 6.70. The zero-order valence-electron chi connectivity index (χ0n) is 20.4. The lowest BCUT2D eigenvalue weighted by Gasteiger charge is -2.21. The topological polar surface area (TPSA) is 68.8 Å². The Bertz CT molecular complexity index is 1270. The van der Waals surface area contributed by atoms with Gasteiger partial charge in [0.25, 0.3) is 0 Å². The molecule has 7 nitrogen and oxygen atoms in total. The van der Waals surface area contributed by atoms with E-state index >= 15 is 0 Å². The molecule has 1 saturated heterocycles. The van der Waals surface area contributed by atoms with Crippen LogP contribution >= 0.6 is 0 Å². The number of ether oxygens (including phenoxy) is 3. The predicted octanol–water partition coefficient (Wildman–Crippen LogP) is 6.59. The van der Waals surface area contributed by atoms with Gasteiger partial charge in [0.1, 0.15) is 29.5 Å². The van der Waals surface area contributed by atoms with Crippen LogP contribution in [0.1, 0.15) is 55.7 Å². The molecule has 1 atom stereocenters. The number of imidazole rings is 1. The molecule has 3 aromatic rings. The van der Waals surface area contributed by atoms with E-state index in [1.54, 1.807) is 17.6 Å². The minimum absolute atomic E-state index is 0.171. The Balaban J connectivity index is 1.61. The van der Waals surface area contributed by atoms with Crippen molar-refractivity contribution in [3.8, 4) is 11.5 Å². The Kier molecular flexibility index (Phi) is 6.77. The Hall–Kier alpha value is -3.71. The highest BCUT2D eigenvalue weighted by Crippen LogP contribution is 2.41. The van der Waals surface area contributed by atoms with Gasteiger partial charge in [0.05, 0.1) is 11.8 Å². The van der Waals surface area contributed by atoms with Crippen LogP contribution in [-0.2, 0) is 14.3 Å². The molecule has 182 valence electrons. The lowest BCUT2D eigenvalue weighted by Crippen LogP contribution is -2.15. The van der Waals surface area contributed by atoms with Crippen LogP contribution in [0.2, 0.25) is 0 Å². The Morgan fingerprint density at radius 1 is 1.17 bits per heavy atom. The molecular weight excluding hydrogens is 442 g/mol. The number of para-hydroxylation sites is 1. The molecule has 35 heavy (non-hydrogen) atoms. The van der Waals surface area contributed by atoms with E-state index in [4.69, 9.17) is 24.0 Å². The van der Waals surface area contributed by atoms with E-state index in [1.807, 2.05) is 63.5 Å². The number of H-pyrrole nitrogens is 1. The minimum atomic E-state index is -0.171. The number of rotatable bonds is 7. The van der Waals surface area contributed by atoms with Crippen molar-refractivity contribution in [1.82, 2.24) is 15.0 Å². The molecule has 5 rings (SSSR count). The van der Waals surface area contributed by atoms with Crippen LogP contribution < -0.4 is 4.74 Å². The van der Waals surface area contributed by atoms with Crippen LogP contribution in [-0.4, -0.2) is 35.3 Å². The number of aromatic nitrogens is 2. The molecule has 2 aliphatic heterocycles. The minimum Gasteiger partial charge on any atom is -0.494 e. The second kappa shape index (κ2) is 10.3. The largest absolute Gasteiger partial charge is 0.494 e. The zero-order valence-corrected chi connectivity index (χ0v) is 20.4. The van der Waals surface area contributed by atoms with Gasteiger partial charge in [-0.3, -0.25) is 0 Å². The number of allylic oxidation sites excluding steroid dienone is 3. The summed E-state index contributed by atoms with van der Waals surface area (Å²) >= 11 is 0. The van der Waals surface area contributed by atoms with Gasteiger partial charge >= 0.3 is 0 Å². The standard InChI is InChI=1S/C28H31N3O4/c1-4-14-33-19(2)22-7-5-6-8-25(22)35-27-23(21-13-17-34-31(3)18-21)9-10-24-26(27)30-28(29-24)20-11-15-32-16-12-20/h4-10,13-14,17-20H,11-12,15-16H2,1-3H3,(H,29,30)/b14-4-. The maximum Gasteiger partial charge on any atom is 0.163 e. The fourth-order valence-corrected chi connectivity index (χ4v) is 4.48. The highest BCUT2D eigenvalue weighted by Gasteiger charge is 2.24. The van der Waals surface area contributed by atoms with Gasteiger partial charge in [-0.05, 0) is 51.0 Å². The molecule has 0 aliphatic carbocycles. The number of hydrogen-bond donors (Lipinski definition) is 1. The summed E-state index contributed by atoms with van der Waals surface area (Å²) in [6, 6.07) is 12.1. The highest BCUT2D eigenvalue weighted by molar-refractivity contribution is 5.91. The van der Waals surface area contributed by atoms with E-state index in [0.717, 1.165) is 65.4 Å². The van der Waals surface area contributed by atoms with Gasteiger partial charge < -0.3 is 24.0 Å². The van der Waals surface area contributed by atoms with E-state index in [2.05, 4.69) is 17.1 Å². The van der Waals surface area contributed by atoms with Gasteiger partial charge in [-0.25, -0.2) is 10.0 Å². The van der Waals surface area contributed by atoms with Crippen molar-refractivity contribution in [2.45, 2.75) is 38.7 Å². The van der Waals surface area contributed by atoms with Crippen LogP contribution in [0.25, 0.3) is 16.6 Å². The monoisotopic (exact) mass is 473 g/mol. The van der Waals surface area contributed by atoms with Crippen LogP contribution in [0.5, 0.6) is 11.5 Å². The molecular formula is C28H31N3O4. The molecule has 3 heterocycles. The summed E-state index contributed by atoms with van der Waals surface area (Å²) in [5, 5.41) is 1.67. The third kappa shape index (κ3) is 4.91. The lowest BCUT2D eigenvalue weighted by molar-refractivity contribution is -0.0331. The molecule has 0 bridgehead atoms. The molecule has 0 radical (unpaired) electrons.